The van der Waals surface area contributed by atoms with E-state index in [1.807, 2.05) is 48.5 Å². The van der Waals surface area contributed by atoms with Gasteiger partial charge < -0.3 is 14.6 Å². The highest BCUT2D eigenvalue weighted by molar-refractivity contribution is 5.93. The molecule has 0 aliphatic carbocycles. The van der Waals surface area contributed by atoms with Gasteiger partial charge in [0, 0.05) is 24.2 Å². The number of nitrogens with one attached hydrogen (secondary N) is 1. The Labute approximate surface area is 200 Å². The summed E-state index contributed by atoms with van der Waals surface area (Å²) < 4.78 is 12.1. The van der Waals surface area contributed by atoms with Crippen molar-refractivity contribution in [1.29, 1.82) is 0 Å². The van der Waals surface area contributed by atoms with Gasteiger partial charge >= 0.3 is 0 Å². The predicted molar refractivity (Wildman–Crippen MR) is 130 cm³/mol. The fourth-order valence-electron chi connectivity index (χ4n) is 3.79. The zero-order valence-electron chi connectivity index (χ0n) is 18.8. The van der Waals surface area contributed by atoms with Crippen LogP contribution in [0, 0.1) is 0 Å². The Morgan fingerprint density at radius 1 is 1.06 bits per heavy atom. The molecular weight excluding hydrogens is 446 g/mol. The zero-order valence-corrected chi connectivity index (χ0v) is 18.8. The van der Waals surface area contributed by atoms with E-state index in [2.05, 4.69) is 20.4 Å². The molecule has 2 aromatic carbocycles. The van der Waals surface area contributed by atoms with Gasteiger partial charge in [0.1, 0.15) is 18.0 Å². The highest BCUT2D eigenvalue weighted by atomic mass is 16.5. The summed E-state index contributed by atoms with van der Waals surface area (Å²) in [6.45, 7) is 0.186. The third-order valence-electron chi connectivity index (χ3n) is 5.49. The number of carbonyl (C=O) groups excluding carboxylic acids is 1. The lowest BCUT2D eigenvalue weighted by atomic mass is 10.1. The zero-order chi connectivity index (χ0) is 24.2. The van der Waals surface area contributed by atoms with E-state index in [-0.39, 0.29) is 23.9 Å². The molecule has 5 aromatic rings. The van der Waals surface area contributed by atoms with Crippen LogP contribution in [0.25, 0.3) is 33.9 Å². The lowest BCUT2D eigenvalue weighted by molar-refractivity contribution is -0.121. The molecule has 0 fully saturated rings. The molecule has 0 aliphatic rings. The number of methoxy groups -OCH3 is 1. The van der Waals surface area contributed by atoms with Crippen molar-refractivity contribution in [2.45, 2.75) is 13.1 Å². The number of amides is 1. The number of hydrogen-bond donors (Lipinski definition) is 1. The summed E-state index contributed by atoms with van der Waals surface area (Å²) in [6.07, 6.45) is 1.64. The van der Waals surface area contributed by atoms with Crippen molar-refractivity contribution < 1.29 is 14.1 Å². The Kier molecular flexibility index (Phi) is 6.04. The fraction of sp³-hybridized carbons (Fsp3) is 0.115. The first-order valence-electron chi connectivity index (χ1n) is 10.9. The van der Waals surface area contributed by atoms with E-state index in [1.165, 1.54) is 10.6 Å². The highest BCUT2D eigenvalue weighted by Crippen LogP contribution is 2.27. The summed E-state index contributed by atoms with van der Waals surface area (Å²) in [4.78, 5) is 34.4. The van der Waals surface area contributed by atoms with Crippen LogP contribution >= 0.6 is 0 Å². The van der Waals surface area contributed by atoms with Crippen LogP contribution in [0.3, 0.4) is 0 Å². The average molecular weight is 467 g/mol. The Balaban J connectivity index is 1.42. The molecule has 0 saturated heterocycles. The predicted octanol–water partition coefficient (Wildman–Crippen LogP) is 3.44. The lowest BCUT2D eigenvalue weighted by Gasteiger charge is -2.12. The minimum Gasteiger partial charge on any atom is -0.497 e. The number of aromatic nitrogens is 4. The maximum atomic E-state index is 13.1. The lowest BCUT2D eigenvalue weighted by Crippen LogP contribution is -2.32. The van der Waals surface area contributed by atoms with Gasteiger partial charge in [-0.15, -0.1) is 0 Å². The molecule has 3 heterocycles. The summed E-state index contributed by atoms with van der Waals surface area (Å²) in [5.41, 5.74) is 2.18. The summed E-state index contributed by atoms with van der Waals surface area (Å²) in [5, 5.41) is 7.57. The van der Waals surface area contributed by atoms with Gasteiger partial charge in [-0.25, -0.2) is 0 Å². The monoisotopic (exact) mass is 467 g/mol. The second-order valence-corrected chi connectivity index (χ2v) is 7.77. The molecule has 3 aromatic heterocycles. The molecule has 9 heteroatoms. The Morgan fingerprint density at radius 3 is 2.74 bits per heavy atom. The number of carbonyl (C=O) groups is 1. The van der Waals surface area contributed by atoms with Crippen molar-refractivity contribution in [2.75, 3.05) is 7.11 Å². The second kappa shape index (κ2) is 9.60. The average Bonchev–Trinajstić information content (AvgIpc) is 3.40. The number of benzene rings is 2. The molecule has 1 amide bonds. The van der Waals surface area contributed by atoms with Gasteiger partial charge in [0.05, 0.1) is 18.2 Å². The summed E-state index contributed by atoms with van der Waals surface area (Å²) in [5.74, 6) is 0.948. The normalized spacial score (nSPS) is 10.9. The molecule has 0 unspecified atom stereocenters. The minimum absolute atomic E-state index is 0.132. The van der Waals surface area contributed by atoms with Gasteiger partial charge in [0.25, 0.3) is 11.4 Å². The van der Waals surface area contributed by atoms with Gasteiger partial charge in [-0.05, 0) is 35.9 Å². The van der Waals surface area contributed by atoms with Crippen LogP contribution in [-0.4, -0.2) is 32.7 Å². The highest BCUT2D eigenvalue weighted by Gasteiger charge is 2.18. The van der Waals surface area contributed by atoms with Crippen LogP contribution in [0.4, 0.5) is 0 Å². The van der Waals surface area contributed by atoms with Crippen molar-refractivity contribution in [3.05, 3.63) is 94.9 Å². The van der Waals surface area contributed by atoms with Gasteiger partial charge in [0.15, 0.2) is 0 Å². The first-order valence-corrected chi connectivity index (χ1v) is 10.9. The smallest absolute Gasteiger partial charge is 0.259 e. The maximum absolute atomic E-state index is 13.1. The van der Waals surface area contributed by atoms with E-state index >= 15 is 0 Å². The van der Waals surface area contributed by atoms with Crippen molar-refractivity contribution in [3.8, 4) is 28.7 Å². The molecule has 0 bridgehead atoms. The van der Waals surface area contributed by atoms with Gasteiger partial charge in [-0.1, -0.05) is 41.6 Å². The first kappa shape index (κ1) is 22.0. The molecule has 35 heavy (non-hydrogen) atoms. The molecule has 0 radical (unpaired) electrons. The number of hydrogen-bond acceptors (Lipinski definition) is 7. The Morgan fingerprint density at radius 2 is 1.91 bits per heavy atom. The van der Waals surface area contributed by atoms with Crippen LogP contribution < -0.4 is 15.6 Å². The third kappa shape index (κ3) is 4.65. The van der Waals surface area contributed by atoms with Crippen LogP contribution in [0.15, 0.2) is 88.3 Å². The van der Waals surface area contributed by atoms with Crippen molar-refractivity contribution >= 4 is 16.8 Å². The Bertz CT molecular complexity index is 1560. The molecular formula is C26H21N5O4. The van der Waals surface area contributed by atoms with E-state index in [0.29, 0.717) is 40.3 Å². The molecule has 1 N–H and O–H groups in total. The molecule has 174 valence electrons. The number of ether oxygens (including phenoxy) is 1. The van der Waals surface area contributed by atoms with Crippen molar-refractivity contribution in [3.63, 3.8) is 0 Å². The van der Waals surface area contributed by atoms with Gasteiger partial charge in [0.2, 0.25) is 11.7 Å². The molecule has 0 aliphatic heterocycles. The number of pyridine rings is 2. The number of rotatable bonds is 7. The molecule has 0 atom stereocenters. The van der Waals surface area contributed by atoms with Gasteiger partial charge in [-0.2, -0.15) is 4.98 Å². The maximum Gasteiger partial charge on any atom is 0.259 e. The Hall–Kier alpha value is -4.79. The standard InChI is InChI=1S/C26H21N5O4/c1-34-18-8-6-7-17(13-18)15-28-23(32)16-31-22-11-3-2-9-19(22)20(14-24(31)33)26-29-25(30-35-26)21-10-4-5-12-27-21/h2-14H,15-16H2,1H3,(H,28,32). The first-order chi connectivity index (χ1) is 17.1. The summed E-state index contributed by atoms with van der Waals surface area (Å²) in [6, 6.07) is 21.5. The minimum atomic E-state index is -0.354. The third-order valence-corrected chi connectivity index (χ3v) is 5.49. The van der Waals surface area contributed by atoms with Crippen LogP contribution in [0.2, 0.25) is 0 Å². The van der Waals surface area contributed by atoms with E-state index in [4.69, 9.17) is 9.26 Å². The summed E-state index contributed by atoms with van der Waals surface area (Å²) in [7, 11) is 1.59. The van der Waals surface area contributed by atoms with Crippen LogP contribution in [0.5, 0.6) is 5.75 Å². The second-order valence-electron chi connectivity index (χ2n) is 7.77. The fourth-order valence-corrected chi connectivity index (χ4v) is 3.79. The number of fused-ring (bicyclic) bond motifs is 1. The largest absolute Gasteiger partial charge is 0.497 e. The number of para-hydroxylation sites is 1. The van der Waals surface area contributed by atoms with Crippen molar-refractivity contribution in [2.24, 2.45) is 0 Å². The summed E-state index contributed by atoms with van der Waals surface area (Å²) >= 11 is 0. The molecule has 9 nitrogen and oxygen atoms in total. The van der Waals surface area contributed by atoms with Crippen LogP contribution in [-0.2, 0) is 17.9 Å². The SMILES string of the molecule is COc1cccc(CNC(=O)Cn2c(=O)cc(-c3nc(-c4ccccn4)no3)c3ccccc32)c1. The van der Waals surface area contributed by atoms with E-state index < -0.39 is 0 Å². The quantitative estimate of drug-likeness (QED) is 0.390. The number of nitrogens with zero attached hydrogens (tertiary/aromatic N) is 4. The van der Waals surface area contributed by atoms with E-state index in [0.717, 1.165) is 5.56 Å². The van der Waals surface area contributed by atoms with E-state index in [1.54, 1.807) is 31.5 Å². The molecule has 0 spiro atoms. The van der Waals surface area contributed by atoms with Gasteiger partial charge in [-0.3, -0.25) is 19.1 Å². The van der Waals surface area contributed by atoms with E-state index in [9.17, 15) is 9.59 Å². The topological polar surface area (TPSA) is 112 Å². The van der Waals surface area contributed by atoms with Crippen LogP contribution in [0.1, 0.15) is 5.56 Å². The molecule has 5 rings (SSSR count). The van der Waals surface area contributed by atoms with Crippen molar-refractivity contribution in [1.82, 2.24) is 25.0 Å². The molecule has 0 saturated carbocycles.